The first-order valence-corrected chi connectivity index (χ1v) is 7.45. The fraction of sp³-hybridized carbons (Fsp3) is 0.500. The van der Waals surface area contributed by atoms with E-state index in [1.165, 1.54) is 4.90 Å². The smallest absolute Gasteiger partial charge is 0.228 e. The van der Waals surface area contributed by atoms with Crippen LogP contribution in [0.25, 0.3) is 0 Å². The molecule has 0 unspecified atom stereocenters. The van der Waals surface area contributed by atoms with Crippen molar-refractivity contribution in [3.63, 3.8) is 0 Å². The molecule has 0 aromatic heterocycles. The fourth-order valence-electron chi connectivity index (χ4n) is 2.17. The number of hydrogen-bond donors (Lipinski definition) is 2. The molecule has 98 valence electrons. The third-order valence-corrected chi connectivity index (χ3v) is 4.45. The first-order chi connectivity index (χ1) is 8.70. The quantitative estimate of drug-likeness (QED) is 0.802. The number of aliphatic hydroxyl groups is 1. The summed E-state index contributed by atoms with van der Waals surface area (Å²) in [4.78, 5) is 13.2. The maximum atomic E-state index is 12.0. The summed E-state index contributed by atoms with van der Waals surface area (Å²) in [6, 6.07) is 8.16. The van der Waals surface area contributed by atoms with E-state index in [-0.39, 0.29) is 12.5 Å². The second-order valence-corrected chi connectivity index (χ2v) is 5.70. The van der Waals surface area contributed by atoms with Crippen molar-refractivity contribution in [1.82, 2.24) is 5.32 Å². The second-order valence-electron chi connectivity index (χ2n) is 4.82. The van der Waals surface area contributed by atoms with E-state index in [0.29, 0.717) is 6.54 Å². The van der Waals surface area contributed by atoms with Crippen LogP contribution in [0, 0.1) is 5.41 Å². The number of thioether (sulfide) groups is 1. The average molecular weight is 265 g/mol. The first-order valence-electron chi connectivity index (χ1n) is 6.22. The molecule has 2 N–H and O–H groups in total. The van der Waals surface area contributed by atoms with Gasteiger partial charge in [0, 0.05) is 11.4 Å². The Bertz CT molecular complexity index is 407. The van der Waals surface area contributed by atoms with Gasteiger partial charge < -0.3 is 10.4 Å². The summed E-state index contributed by atoms with van der Waals surface area (Å²) < 4.78 is 0. The van der Waals surface area contributed by atoms with Crippen LogP contribution < -0.4 is 5.32 Å². The van der Waals surface area contributed by atoms with E-state index < -0.39 is 5.41 Å². The molecule has 4 heteroatoms. The summed E-state index contributed by atoms with van der Waals surface area (Å²) in [6.07, 6.45) is 4.69. The third kappa shape index (κ3) is 2.70. The SMILES string of the molecule is CSc1ccc(CNC(=O)C2(CO)CCC2)cc1. The molecule has 2 rings (SSSR count). The largest absolute Gasteiger partial charge is 0.395 e. The van der Waals surface area contributed by atoms with Gasteiger partial charge in [0.1, 0.15) is 0 Å². The molecular weight excluding hydrogens is 246 g/mol. The number of rotatable bonds is 5. The number of benzene rings is 1. The molecule has 1 aliphatic carbocycles. The van der Waals surface area contributed by atoms with E-state index in [1.54, 1.807) is 11.8 Å². The standard InChI is InChI=1S/C14H19NO2S/c1-18-12-5-3-11(4-6-12)9-15-13(17)14(10-16)7-2-8-14/h3-6,16H,2,7-10H2,1H3,(H,15,17). The van der Waals surface area contributed by atoms with Crippen molar-refractivity contribution in [2.75, 3.05) is 12.9 Å². The number of carbonyl (C=O) groups excluding carboxylic acids is 1. The van der Waals surface area contributed by atoms with Crippen molar-refractivity contribution in [3.05, 3.63) is 29.8 Å². The summed E-state index contributed by atoms with van der Waals surface area (Å²) >= 11 is 1.70. The lowest BCUT2D eigenvalue weighted by molar-refractivity contribution is -0.139. The van der Waals surface area contributed by atoms with E-state index >= 15 is 0 Å². The zero-order valence-electron chi connectivity index (χ0n) is 10.6. The van der Waals surface area contributed by atoms with Crippen LogP contribution in [-0.2, 0) is 11.3 Å². The molecule has 1 fully saturated rings. The molecule has 0 bridgehead atoms. The van der Waals surface area contributed by atoms with Gasteiger partial charge in [0.25, 0.3) is 0 Å². The minimum atomic E-state index is -0.501. The zero-order valence-corrected chi connectivity index (χ0v) is 11.4. The molecule has 0 radical (unpaired) electrons. The number of carbonyl (C=O) groups is 1. The molecule has 1 amide bonds. The molecular formula is C14H19NO2S. The molecule has 1 saturated carbocycles. The summed E-state index contributed by atoms with van der Waals surface area (Å²) in [7, 11) is 0. The highest BCUT2D eigenvalue weighted by molar-refractivity contribution is 7.98. The predicted octanol–water partition coefficient (Wildman–Crippen LogP) is 2.19. The summed E-state index contributed by atoms with van der Waals surface area (Å²) in [6.45, 7) is 0.499. The normalized spacial score (nSPS) is 17.0. The van der Waals surface area contributed by atoms with Crippen molar-refractivity contribution in [3.8, 4) is 0 Å². The van der Waals surface area contributed by atoms with Crippen molar-refractivity contribution in [2.24, 2.45) is 5.41 Å². The van der Waals surface area contributed by atoms with E-state index in [4.69, 9.17) is 0 Å². The highest BCUT2D eigenvalue weighted by Gasteiger charge is 2.43. The van der Waals surface area contributed by atoms with E-state index in [0.717, 1.165) is 24.8 Å². The van der Waals surface area contributed by atoms with Gasteiger partial charge in [-0.25, -0.2) is 0 Å². The highest BCUT2D eigenvalue weighted by atomic mass is 32.2. The lowest BCUT2D eigenvalue weighted by Crippen LogP contribution is -2.47. The van der Waals surface area contributed by atoms with Crippen molar-refractivity contribution in [2.45, 2.75) is 30.7 Å². The van der Waals surface area contributed by atoms with Crippen molar-refractivity contribution in [1.29, 1.82) is 0 Å². The molecule has 1 aliphatic rings. The van der Waals surface area contributed by atoms with Crippen LogP contribution in [0.1, 0.15) is 24.8 Å². The van der Waals surface area contributed by atoms with Crippen LogP contribution in [0.3, 0.4) is 0 Å². The Hall–Kier alpha value is -1.00. The van der Waals surface area contributed by atoms with Crippen molar-refractivity contribution >= 4 is 17.7 Å². The number of aliphatic hydroxyl groups excluding tert-OH is 1. The Labute approximate surface area is 112 Å². The summed E-state index contributed by atoms with van der Waals surface area (Å²) in [5.74, 6) is -0.00908. The number of nitrogens with one attached hydrogen (secondary N) is 1. The number of amides is 1. The van der Waals surface area contributed by atoms with E-state index in [9.17, 15) is 9.90 Å². The van der Waals surface area contributed by atoms with Crippen molar-refractivity contribution < 1.29 is 9.90 Å². The molecule has 18 heavy (non-hydrogen) atoms. The third-order valence-electron chi connectivity index (χ3n) is 3.71. The lowest BCUT2D eigenvalue weighted by Gasteiger charge is -2.38. The van der Waals surface area contributed by atoms with Gasteiger partial charge in [-0.1, -0.05) is 18.6 Å². The maximum Gasteiger partial charge on any atom is 0.228 e. The minimum Gasteiger partial charge on any atom is -0.395 e. The topological polar surface area (TPSA) is 49.3 Å². The Morgan fingerprint density at radius 3 is 2.50 bits per heavy atom. The molecule has 0 spiro atoms. The maximum absolute atomic E-state index is 12.0. The van der Waals surface area contributed by atoms with Gasteiger partial charge in [-0.2, -0.15) is 0 Å². The van der Waals surface area contributed by atoms with Crippen LogP contribution in [0.2, 0.25) is 0 Å². The highest BCUT2D eigenvalue weighted by Crippen LogP contribution is 2.40. The van der Waals surface area contributed by atoms with E-state index in [2.05, 4.69) is 17.4 Å². The Morgan fingerprint density at radius 2 is 2.06 bits per heavy atom. The van der Waals surface area contributed by atoms with Gasteiger partial charge >= 0.3 is 0 Å². The average Bonchev–Trinajstić information content (AvgIpc) is 2.36. The first kappa shape index (κ1) is 13.4. The monoisotopic (exact) mass is 265 g/mol. The van der Waals surface area contributed by atoms with Gasteiger partial charge in [0.05, 0.1) is 12.0 Å². The summed E-state index contributed by atoms with van der Waals surface area (Å²) in [5.41, 5.74) is 0.590. The van der Waals surface area contributed by atoms with Gasteiger partial charge in [-0.15, -0.1) is 11.8 Å². The molecule has 0 atom stereocenters. The summed E-state index contributed by atoms with van der Waals surface area (Å²) in [5, 5.41) is 12.2. The molecule has 0 heterocycles. The van der Waals surface area contributed by atoms with Gasteiger partial charge in [-0.3, -0.25) is 4.79 Å². The predicted molar refractivity (Wildman–Crippen MR) is 73.4 cm³/mol. The van der Waals surface area contributed by atoms with Crippen LogP contribution in [0.4, 0.5) is 0 Å². The van der Waals surface area contributed by atoms with E-state index in [1.807, 2.05) is 18.4 Å². The van der Waals surface area contributed by atoms with Gasteiger partial charge in [0.15, 0.2) is 0 Å². The molecule has 1 aromatic carbocycles. The molecule has 1 aromatic rings. The Morgan fingerprint density at radius 1 is 1.39 bits per heavy atom. The van der Waals surface area contributed by atoms with Crippen LogP contribution in [0.5, 0.6) is 0 Å². The minimum absolute atomic E-state index is 0.00908. The fourth-order valence-corrected chi connectivity index (χ4v) is 2.58. The van der Waals surface area contributed by atoms with Crippen LogP contribution >= 0.6 is 11.8 Å². The van der Waals surface area contributed by atoms with Gasteiger partial charge in [0.2, 0.25) is 5.91 Å². The second kappa shape index (κ2) is 5.76. The zero-order chi connectivity index (χ0) is 13.0. The van der Waals surface area contributed by atoms with Crippen LogP contribution in [0.15, 0.2) is 29.2 Å². The molecule has 0 saturated heterocycles. The molecule has 3 nitrogen and oxygen atoms in total. The van der Waals surface area contributed by atoms with Crippen LogP contribution in [-0.4, -0.2) is 23.9 Å². The Balaban J connectivity index is 1.88. The molecule has 0 aliphatic heterocycles. The Kier molecular flexibility index (Phi) is 4.30. The number of hydrogen-bond acceptors (Lipinski definition) is 3. The van der Waals surface area contributed by atoms with Gasteiger partial charge in [-0.05, 0) is 36.8 Å². The lowest BCUT2D eigenvalue weighted by atomic mass is 9.68.